The van der Waals surface area contributed by atoms with E-state index in [1.165, 1.54) is 11.6 Å². The molecule has 0 radical (unpaired) electrons. The number of rotatable bonds is 6. The molecule has 20 heavy (non-hydrogen) atoms. The fraction of sp³-hybridized carbons (Fsp3) is 0.263. The van der Waals surface area contributed by atoms with Crippen LogP contribution in [0.5, 0.6) is 0 Å². The van der Waals surface area contributed by atoms with E-state index < -0.39 is 8.07 Å². The second kappa shape index (κ2) is 7.25. The summed E-state index contributed by atoms with van der Waals surface area (Å²) in [7, 11) is -1.30. The predicted molar refractivity (Wildman–Crippen MR) is 92.3 cm³/mol. The third kappa shape index (κ3) is 4.50. The van der Waals surface area contributed by atoms with E-state index in [2.05, 4.69) is 85.9 Å². The van der Waals surface area contributed by atoms with Gasteiger partial charge in [0.25, 0.3) is 0 Å². The normalized spacial score (nSPS) is 11.9. The molecule has 1 heteroatoms. The lowest BCUT2D eigenvalue weighted by Crippen LogP contribution is -2.40. The Balaban J connectivity index is 1.81. The first kappa shape index (κ1) is 14.8. The van der Waals surface area contributed by atoms with Crippen LogP contribution in [0.2, 0.25) is 19.1 Å². The largest absolute Gasteiger partial charge is 0.0909 e. The van der Waals surface area contributed by atoms with Gasteiger partial charge in [0.15, 0.2) is 0 Å². The van der Waals surface area contributed by atoms with Crippen LogP contribution in [0.1, 0.15) is 12.0 Å². The van der Waals surface area contributed by atoms with Crippen molar-refractivity contribution in [1.29, 1.82) is 0 Å². The zero-order chi connectivity index (χ0) is 14.3. The number of hydrogen-bond acceptors (Lipinski definition) is 0. The van der Waals surface area contributed by atoms with Crippen molar-refractivity contribution in [2.45, 2.75) is 32.0 Å². The summed E-state index contributed by atoms with van der Waals surface area (Å²) >= 11 is 0. The van der Waals surface area contributed by atoms with Crippen LogP contribution < -0.4 is 5.19 Å². The SMILES string of the molecule is C[Si](C)(C/C=C\CCc1ccccc1)c1ccccc1. The molecule has 0 saturated heterocycles. The Hall–Kier alpha value is -1.60. The van der Waals surface area contributed by atoms with E-state index in [4.69, 9.17) is 0 Å². The van der Waals surface area contributed by atoms with E-state index in [-0.39, 0.29) is 0 Å². The van der Waals surface area contributed by atoms with E-state index in [0.29, 0.717) is 0 Å². The van der Waals surface area contributed by atoms with Crippen LogP contribution in [0, 0.1) is 0 Å². The van der Waals surface area contributed by atoms with Gasteiger partial charge in [-0.15, -0.1) is 0 Å². The molecule has 0 bridgehead atoms. The molecule has 0 aliphatic rings. The molecule has 0 aliphatic heterocycles. The Labute approximate surface area is 124 Å². The molecule has 0 N–H and O–H groups in total. The Bertz CT molecular complexity index is 526. The molecule has 2 aromatic rings. The lowest BCUT2D eigenvalue weighted by atomic mass is 10.1. The van der Waals surface area contributed by atoms with Gasteiger partial charge in [0.1, 0.15) is 0 Å². The maximum Gasteiger partial charge on any atom is 0.0843 e. The van der Waals surface area contributed by atoms with Crippen LogP contribution in [0.3, 0.4) is 0 Å². The van der Waals surface area contributed by atoms with Gasteiger partial charge in [-0.05, 0) is 24.4 Å². The maximum atomic E-state index is 2.45. The number of aryl methyl sites for hydroxylation is 1. The Kier molecular flexibility index (Phi) is 5.37. The van der Waals surface area contributed by atoms with E-state index in [1.807, 2.05) is 0 Å². The first-order valence-corrected chi connectivity index (χ1v) is 10.6. The molecule has 0 unspecified atom stereocenters. The van der Waals surface area contributed by atoms with E-state index in [9.17, 15) is 0 Å². The van der Waals surface area contributed by atoms with Crippen molar-refractivity contribution in [1.82, 2.24) is 0 Å². The average molecular weight is 280 g/mol. The predicted octanol–water partition coefficient (Wildman–Crippen LogP) is 4.79. The average Bonchev–Trinajstić information content (AvgIpc) is 2.49. The van der Waals surface area contributed by atoms with Crippen molar-refractivity contribution in [2.75, 3.05) is 0 Å². The maximum absolute atomic E-state index is 2.45. The fourth-order valence-electron chi connectivity index (χ4n) is 2.40. The van der Waals surface area contributed by atoms with E-state index >= 15 is 0 Å². The molecule has 2 aromatic carbocycles. The highest BCUT2D eigenvalue weighted by molar-refractivity contribution is 6.90. The van der Waals surface area contributed by atoms with E-state index in [1.54, 1.807) is 5.19 Å². The monoisotopic (exact) mass is 280 g/mol. The molecule has 0 nitrogen and oxygen atoms in total. The summed E-state index contributed by atoms with van der Waals surface area (Å²) in [6.45, 7) is 4.90. The van der Waals surface area contributed by atoms with Gasteiger partial charge in [-0.1, -0.05) is 91.1 Å². The van der Waals surface area contributed by atoms with Crippen molar-refractivity contribution in [3.8, 4) is 0 Å². The van der Waals surface area contributed by atoms with Crippen molar-refractivity contribution >= 4 is 13.3 Å². The molecular formula is C19H24Si. The van der Waals surface area contributed by atoms with Crippen molar-refractivity contribution in [3.63, 3.8) is 0 Å². The second-order valence-corrected chi connectivity index (χ2v) is 10.7. The van der Waals surface area contributed by atoms with Crippen molar-refractivity contribution < 1.29 is 0 Å². The van der Waals surface area contributed by atoms with Gasteiger partial charge >= 0.3 is 0 Å². The van der Waals surface area contributed by atoms with Gasteiger partial charge in [0.2, 0.25) is 0 Å². The van der Waals surface area contributed by atoms with Gasteiger partial charge in [-0.2, -0.15) is 0 Å². The van der Waals surface area contributed by atoms with Gasteiger partial charge in [-0.3, -0.25) is 0 Å². The first-order valence-electron chi connectivity index (χ1n) is 7.43. The lowest BCUT2D eigenvalue weighted by molar-refractivity contribution is 0.999. The van der Waals surface area contributed by atoms with Crippen LogP contribution in [0.4, 0.5) is 0 Å². The Morgan fingerprint density at radius 3 is 2.05 bits per heavy atom. The summed E-state index contributed by atoms with van der Waals surface area (Å²) in [5, 5.41) is 1.55. The van der Waals surface area contributed by atoms with Gasteiger partial charge in [-0.25, -0.2) is 0 Å². The molecule has 0 saturated carbocycles. The minimum absolute atomic E-state index is 1.14. The molecule has 0 amide bonds. The highest BCUT2D eigenvalue weighted by atomic mass is 28.3. The smallest absolute Gasteiger partial charge is 0.0843 e. The van der Waals surface area contributed by atoms with Crippen LogP contribution in [0.15, 0.2) is 72.8 Å². The van der Waals surface area contributed by atoms with Crippen molar-refractivity contribution in [3.05, 3.63) is 78.4 Å². The molecule has 104 valence electrons. The third-order valence-electron chi connectivity index (χ3n) is 3.79. The van der Waals surface area contributed by atoms with Crippen LogP contribution in [-0.2, 0) is 6.42 Å². The third-order valence-corrected chi connectivity index (χ3v) is 6.95. The highest BCUT2D eigenvalue weighted by Crippen LogP contribution is 2.11. The summed E-state index contributed by atoms with van der Waals surface area (Å²) < 4.78 is 0. The zero-order valence-corrected chi connectivity index (χ0v) is 13.5. The molecule has 0 fully saturated rings. The molecule has 0 aliphatic carbocycles. The molecular weight excluding hydrogens is 256 g/mol. The zero-order valence-electron chi connectivity index (χ0n) is 12.5. The number of allylic oxidation sites excluding steroid dienone is 2. The summed E-state index contributed by atoms with van der Waals surface area (Å²) in [4.78, 5) is 0. The number of hydrogen-bond donors (Lipinski definition) is 0. The highest BCUT2D eigenvalue weighted by Gasteiger charge is 2.20. The quantitative estimate of drug-likeness (QED) is 0.527. The molecule has 0 aromatic heterocycles. The summed E-state index contributed by atoms with van der Waals surface area (Å²) in [6, 6.07) is 22.9. The molecule has 2 rings (SSSR count). The fourth-order valence-corrected chi connectivity index (χ4v) is 4.48. The molecule has 0 spiro atoms. The standard InChI is InChI=1S/C19H24Si/c1-20(2,19-15-9-4-10-16-19)17-11-5-8-14-18-12-6-3-7-13-18/h3-7,9-13,15-16H,8,14,17H2,1-2H3/b11-5-. The minimum Gasteiger partial charge on any atom is -0.0909 e. The van der Waals surface area contributed by atoms with Gasteiger partial charge in [0.05, 0.1) is 8.07 Å². The Morgan fingerprint density at radius 2 is 1.40 bits per heavy atom. The molecule has 0 heterocycles. The summed E-state index contributed by atoms with van der Waals surface area (Å²) in [5.41, 5.74) is 1.43. The van der Waals surface area contributed by atoms with Crippen LogP contribution in [-0.4, -0.2) is 8.07 Å². The number of benzene rings is 2. The molecule has 0 atom stereocenters. The topological polar surface area (TPSA) is 0 Å². The second-order valence-electron chi connectivity index (χ2n) is 5.95. The van der Waals surface area contributed by atoms with Crippen LogP contribution >= 0.6 is 0 Å². The van der Waals surface area contributed by atoms with Gasteiger partial charge in [0, 0.05) is 0 Å². The van der Waals surface area contributed by atoms with Crippen LogP contribution in [0.25, 0.3) is 0 Å². The lowest BCUT2D eigenvalue weighted by Gasteiger charge is -2.20. The minimum atomic E-state index is -1.30. The first-order chi connectivity index (χ1) is 9.68. The van der Waals surface area contributed by atoms with Gasteiger partial charge < -0.3 is 0 Å². The Morgan fingerprint density at radius 1 is 0.800 bits per heavy atom. The van der Waals surface area contributed by atoms with Crippen molar-refractivity contribution in [2.24, 2.45) is 0 Å². The van der Waals surface area contributed by atoms with E-state index in [0.717, 1.165) is 12.8 Å². The summed E-state index contributed by atoms with van der Waals surface area (Å²) in [6.07, 6.45) is 7.03. The summed E-state index contributed by atoms with van der Waals surface area (Å²) in [5.74, 6) is 0.